The highest BCUT2D eigenvalue weighted by Gasteiger charge is 2.24. The minimum absolute atomic E-state index is 0.00602. The molecule has 1 atom stereocenters. The summed E-state index contributed by atoms with van der Waals surface area (Å²) >= 11 is 0. The van der Waals surface area contributed by atoms with Gasteiger partial charge in [-0.15, -0.1) is 0 Å². The topological polar surface area (TPSA) is 51.2 Å². The number of hydrogen-bond acceptors (Lipinski definition) is 4. The van der Waals surface area contributed by atoms with Crippen LogP contribution in [0.2, 0.25) is 0 Å². The zero-order valence-corrected chi connectivity index (χ0v) is 9.93. The zero-order valence-electron chi connectivity index (χ0n) is 9.93. The molecule has 0 bridgehead atoms. The summed E-state index contributed by atoms with van der Waals surface area (Å²) in [6.07, 6.45) is 3.00. The van der Waals surface area contributed by atoms with Crippen molar-refractivity contribution >= 4 is 16.6 Å². The summed E-state index contributed by atoms with van der Waals surface area (Å²) in [5.41, 5.74) is 0.641. The predicted molar refractivity (Wildman–Crippen MR) is 68.7 cm³/mol. The highest BCUT2D eigenvalue weighted by atomic mass is 16.5. The van der Waals surface area contributed by atoms with Crippen LogP contribution < -0.4 is 5.32 Å². The third-order valence-electron chi connectivity index (χ3n) is 3.15. The van der Waals surface area contributed by atoms with Gasteiger partial charge in [-0.2, -0.15) is 0 Å². The van der Waals surface area contributed by atoms with Crippen LogP contribution in [0.4, 0.5) is 0 Å². The van der Waals surface area contributed by atoms with E-state index in [0.717, 1.165) is 17.3 Å². The van der Waals surface area contributed by atoms with Gasteiger partial charge < -0.3 is 10.1 Å². The van der Waals surface area contributed by atoms with E-state index in [9.17, 15) is 4.79 Å². The van der Waals surface area contributed by atoms with E-state index < -0.39 is 6.10 Å². The Kier molecular flexibility index (Phi) is 3.04. The lowest BCUT2D eigenvalue weighted by Crippen LogP contribution is -2.43. The van der Waals surface area contributed by atoms with E-state index in [-0.39, 0.29) is 5.78 Å². The molecule has 0 amide bonds. The van der Waals surface area contributed by atoms with E-state index in [2.05, 4.69) is 10.3 Å². The van der Waals surface area contributed by atoms with Gasteiger partial charge in [-0.05, 0) is 5.39 Å². The first-order valence-corrected chi connectivity index (χ1v) is 6.05. The molecule has 0 spiro atoms. The van der Waals surface area contributed by atoms with Crippen molar-refractivity contribution < 1.29 is 9.53 Å². The van der Waals surface area contributed by atoms with Gasteiger partial charge in [0.1, 0.15) is 6.10 Å². The molecule has 1 aromatic carbocycles. The first kappa shape index (κ1) is 11.3. The summed E-state index contributed by atoms with van der Waals surface area (Å²) in [6.45, 7) is 1.95. The molecular formula is C14H14N2O2. The fourth-order valence-corrected chi connectivity index (χ4v) is 2.22. The molecule has 1 aliphatic heterocycles. The van der Waals surface area contributed by atoms with Crippen LogP contribution in [0.15, 0.2) is 36.7 Å². The number of benzene rings is 1. The van der Waals surface area contributed by atoms with Gasteiger partial charge in [0.15, 0.2) is 5.78 Å². The Labute approximate surface area is 105 Å². The van der Waals surface area contributed by atoms with Crippen molar-refractivity contribution in [3.63, 3.8) is 0 Å². The van der Waals surface area contributed by atoms with Crippen molar-refractivity contribution in [3.05, 3.63) is 42.2 Å². The molecule has 1 fully saturated rings. The molecular weight excluding hydrogens is 228 g/mol. The zero-order chi connectivity index (χ0) is 12.4. The summed E-state index contributed by atoms with van der Waals surface area (Å²) in [5, 5.41) is 5.08. The highest BCUT2D eigenvalue weighted by Crippen LogP contribution is 2.19. The number of hydrogen-bond donors (Lipinski definition) is 1. The van der Waals surface area contributed by atoms with Crippen molar-refractivity contribution in [3.8, 4) is 0 Å². The van der Waals surface area contributed by atoms with E-state index in [1.807, 2.05) is 24.3 Å². The van der Waals surface area contributed by atoms with Crippen LogP contribution in [0.3, 0.4) is 0 Å². The standard InChI is InChI=1S/C14H14N2O2/c17-14(13-9-15-5-6-18-13)12-8-16-7-10-3-1-2-4-11(10)12/h1-4,7-8,13,15H,5-6,9H2. The maximum atomic E-state index is 12.4. The van der Waals surface area contributed by atoms with Crippen molar-refractivity contribution in [2.45, 2.75) is 6.10 Å². The van der Waals surface area contributed by atoms with E-state index >= 15 is 0 Å². The largest absolute Gasteiger partial charge is 0.367 e. The molecule has 0 radical (unpaired) electrons. The first-order chi connectivity index (χ1) is 8.86. The summed E-state index contributed by atoms with van der Waals surface area (Å²) in [4.78, 5) is 16.5. The monoisotopic (exact) mass is 242 g/mol. The molecule has 4 heteroatoms. The Balaban J connectivity index is 2.00. The van der Waals surface area contributed by atoms with Gasteiger partial charge >= 0.3 is 0 Å². The molecule has 1 aliphatic rings. The van der Waals surface area contributed by atoms with Gasteiger partial charge in [-0.1, -0.05) is 24.3 Å². The molecule has 4 nitrogen and oxygen atoms in total. The van der Waals surface area contributed by atoms with Crippen LogP contribution >= 0.6 is 0 Å². The fraction of sp³-hybridized carbons (Fsp3) is 0.286. The molecule has 0 aliphatic carbocycles. The van der Waals surface area contributed by atoms with E-state index in [1.54, 1.807) is 12.4 Å². The number of ether oxygens (including phenoxy) is 1. The van der Waals surface area contributed by atoms with Gasteiger partial charge in [0.25, 0.3) is 0 Å². The second-order valence-corrected chi connectivity index (χ2v) is 4.34. The molecule has 1 unspecified atom stereocenters. The molecule has 2 heterocycles. The van der Waals surface area contributed by atoms with Crippen LogP contribution in [-0.4, -0.2) is 36.6 Å². The number of pyridine rings is 1. The molecule has 18 heavy (non-hydrogen) atoms. The minimum atomic E-state index is -0.397. The van der Waals surface area contributed by atoms with Crippen LogP contribution in [-0.2, 0) is 4.74 Å². The van der Waals surface area contributed by atoms with E-state index in [0.29, 0.717) is 18.7 Å². The first-order valence-electron chi connectivity index (χ1n) is 6.05. The summed E-state index contributed by atoms with van der Waals surface area (Å²) < 4.78 is 5.50. The van der Waals surface area contributed by atoms with E-state index in [1.165, 1.54) is 0 Å². The average Bonchev–Trinajstić information content (AvgIpc) is 2.47. The molecule has 1 N–H and O–H groups in total. The number of morpholine rings is 1. The number of nitrogens with one attached hydrogen (secondary N) is 1. The van der Waals surface area contributed by atoms with Gasteiger partial charge in [-0.3, -0.25) is 9.78 Å². The Morgan fingerprint density at radius 2 is 2.22 bits per heavy atom. The third kappa shape index (κ3) is 2.00. The van der Waals surface area contributed by atoms with Gasteiger partial charge in [0, 0.05) is 36.4 Å². The lowest BCUT2D eigenvalue weighted by Gasteiger charge is -2.22. The number of rotatable bonds is 2. The fourth-order valence-electron chi connectivity index (χ4n) is 2.22. The normalized spacial score (nSPS) is 19.9. The maximum Gasteiger partial charge on any atom is 0.195 e. The van der Waals surface area contributed by atoms with Crippen LogP contribution in [0.25, 0.3) is 10.8 Å². The lowest BCUT2D eigenvalue weighted by atomic mass is 10.0. The molecule has 0 saturated carbocycles. The number of Topliss-reactive ketones (excluding diaryl/α,β-unsaturated/α-hetero) is 1. The molecule has 3 rings (SSSR count). The van der Waals surface area contributed by atoms with Crippen molar-refractivity contribution in [1.29, 1.82) is 0 Å². The van der Waals surface area contributed by atoms with E-state index in [4.69, 9.17) is 4.74 Å². The SMILES string of the molecule is O=C(c1cncc2ccccc12)C1CNCCO1. The van der Waals surface area contributed by atoms with Gasteiger partial charge in [-0.25, -0.2) is 0 Å². The van der Waals surface area contributed by atoms with Crippen molar-refractivity contribution in [1.82, 2.24) is 10.3 Å². The van der Waals surface area contributed by atoms with Gasteiger partial charge in [0.2, 0.25) is 0 Å². The smallest absolute Gasteiger partial charge is 0.195 e. The number of nitrogens with zero attached hydrogens (tertiary/aromatic N) is 1. The number of ketones is 1. The lowest BCUT2D eigenvalue weighted by molar-refractivity contribution is 0.0270. The number of fused-ring (bicyclic) bond motifs is 1. The molecule has 92 valence electrons. The number of carbonyl (C=O) groups is 1. The van der Waals surface area contributed by atoms with Crippen LogP contribution in [0, 0.1) is 0 Å². The quantitative estimate of drug-likeness (QED) is 0.809. The second kappa shape index (κ2) is 4.84. The van der Waals surface area contributed by atoms with Crippen LogP contribution in [0.1, 0.15) is 10.4 Å². The van der Waals surface area contributed by atoms with Crippen molar-refractivity contribution in [2.75, 3.05) is 19.7 Å². The Bertz CT molecular complexity index is 572. The average molecular weight is 242 g/mol. The molecule has 1 saturated heterocycles. The Morgan fingerprint density at radius 1 is 1.33 bits per heavy atom. The number of aromatic nitrogens is 1. The maximum absolute atomic E-state index is 12.4. The number of carbonyl (C=O) groups excluding carboxylic acids is 1. The summed E-state index contributed by atoms with van der Waals surface area (Å²) in [6, 6.07) is 7.77. The summed E-state index contributed by atoms with van der Waals surface area (Å²) in [5.74, 6) is 0.00602. The predicted octanol–water partition coefficient (Wildman–Crippen LogP) is 1.41. The molecule has 2 aromatic rings. The Morgan fingerprint density at radius 3 is 3.06 bits per heavy atom. The third-order valence-corrected chi connectivity index (χ3v) is 3.15. The summed E-state index contributed by atoms with van der Waals surface area (Å²) in [7, 11) is 0. The minimum Gasteiger partial charge on any atom is -0.367 e. The van der Waals surface area contributed by atoms with Crippen LogP contribution in [0.5, 0.6) is 0 Å². The Hall–Kier alpha value is -1.78. The molecule has 1 aromatic heterocycles. The van der Waals surface area contributed by atoms with Gasteiger partial charge in [0.05, 0.1) is 6.61 Å². The van der Waals surface area contributed by atoms with Crippen molar-refractivity contribution in [2.24, 2.45) is 0 Å². The second-order valence-electron chi connectivity index (χ2n) is 4.34. The highest BCUT2D eigenvalue weighted by molar-refractivity contribution is 6.09.